The zero-order valence-electron chi connectivity index (χ0n) is 21.9. The fraction of sp³-hybridized carbons (Fsp3) is 0.276. The van der Waals surface area contributed by atoms with Crippen LogP contribution in [-0.4, -0.2) is 44.1 Å². The molecule has 0 atom stereocenters. The van der Waals surface area contributed by atoms with E-state index in [2.05, 4.69) is 32.1 Å². The van der Waals surface area contributed by atoms with Crippen LogP contribution in [0.2, 0.25) is 5.02 Å². The van der Waals surface area contributed by atoms with Crippen LogP contribution in [0.4, 0.5) is 5.69 Å². The van der Waals surface area contributed by atoms with E-state index < -0.39 is 0 Å². The van der Waals surface area contributed by atoms with Crippen molar-refractivity contribution in [3.8, 4) is 17.2 Å². The number of nitrogens with one attached hydrogen (secondary N) is 3. The lowest BCUT2D eigenvalue weighted by atomic mass is 9.93. The number of rotatable bonds is 6. The van der Waals surface area contributed by atoms with Gasteiger partial charge < -0.3 is 20.5 Å². The normalized spacial score (nSPS) is 14.2. The number of ketones is 1. The van der Waals surface area contributed by atoms with Gasteiger partial charge in [0.05, 0.1) is 34.2 Å². The molecule has 3 N–H and O–H groups in total. The Bertz CT molecular complexity index is 1670. The number of nitriles is 1. The van der Waals surface area contributed by atoms with Gasteiger partial charge in [0, 0.05) is 62.9 Å². The van der Waals surface area contributed by atoms with Crippen molar-refractivity contribution < 1.29 is 9.59 Å². The molecule has 2 aliphatic rings. The van der Waals surface area contributed by atoms with Gasteiger partial charge in [-0.15, -0.1) is 0 Å². The molecule has 0 aliphatic carbocycles. The maximum atomic E-state index is 13.3. The molecule has 0 unspecified atom stereocenters. The first-order chi connectivity index (χ1) is 19.4. The van der Waals surface area contributed by atoms with Gasteiger partial charge in [-0.2, -0.15) is 10.4 Å². The first kappa shape index (κ1) is 26.0. The molecule has 2 aromatic heterocycles. The number of fused-ring (bicyclic) bond motifs is 2. The Morgan fingerprint density at radius 3 is 2.73 bits per heavy atom. The molecule has 0 saturated carbocycles. The second-order valence-electron chi connectivity index (χ2n) is 9.91. The van der Waals surface area contributed by atoms with Crippen molar-refractivity contribution in [1.29, 1.82) is 5.26 Å². The van der Waals surface area contributed by atoms with E-state index in [9.17, 15) is 14.9 Å². The molecule has 0 fully saturated rings. The van der Waals surface area contributed by atoms with Crippen LogP contribution in [-0.2, 0) is 39.5 Å². The van der Waals surface area contributed by atoms with Gasteiger partial charge in [-0.1, -0.05) is 41.9 Å². The topological polar surface area (TPSA) is 130 Å². The molecule has 0 bridgehead atoms. The molecule has 1 amide bonds. The monoisotopic (exact) mass is 554 g/mol. The summed E-state index contributed by atoms with van der Waals surface area (Å²) in [5.74, 6) is -0.133. The molecule has 4 heterocycles. The first-order valence-electron chi connectivity index (χ1n) is 13.1. The Morgan fingerprint density at radius 2 is 1.93 bits per heavy atom. The number of hydrogen-bond donors (Lipinski definition) is 3. The van der Waals surface area contributed by atoms with Crippen LogP contribution >= 0.6 is 11.6 Å². The third kappa shape index (κ3) is 4.69. The first-order valence-corrected chi connectivity index (χ1v) is 13.5. The van der Waals surface area contributed by atoms with Crippen molar-refractivity contribution in [3.63, 3.8) is 0 Å². The zero-order chi connectivity index (χ0) is 27.8. The van der Waals surface area contributed by atoms with Crippen molar-refractivity contribution in [3.05, 3.63) is 87.2 Å². The lowest BCUT2D eigenvalue weighted by Crippen LogP contribution is -2.28. The van der Waals surface area contributed by atoms with Crippen molar-refractivity contribution in [2.24, 2.45) is 7.05 Å². The van der Waals surface area contributed by atoms with Crippen LogP contribution in [0.3, 0.4) is 0 Å². The molecule has 202 valence electrons. The number of hydrogen-bond acceptors (Lipinski definition) is 7. The molecule has 6 rings (SSSR count). The van der Waals surface area contributed by atoms with Crippen molar-refractivity contribution in [2.75, 3.05) is 18.4 Å². The van der Waals surface area contributed by atoms with Crippen molar-refractivity contribution in [2.45, 2.75) is 32.5 Å². The van der Waals surface area contributed by atoms with Crippen LogP contribution in [0.1, 0.15) is 49.3 Å². The van der Waals surface area contributed by atoms with E-state index in [4.69, 9.17) is 11.6 Å². The highest BCUT2D eigenvalue weighted by molar-refractivity contribution is 6.36. The highest BCUT2D eigenvalue weighted by Crippen LogP contribution is 2.37. The minimum Gasteiger partial charge on any atom is -0.328 e. The summed E-state index contributed by atoms with van der Waals surface area (Å²) in [7, 11) is 1.86. The van der Waals surface area contributed by atoms with E-state index >= 15 is 0 Å². The Hall–Kier alpha value is -4.30. The Morgan fingerprint density at radius 1 is 1.12 bits per heavy atom. The average molecular weight is 555 g/mol. The number of halogens is 1. The molecule has 0 spiro atoms. The van der Waals surface area contributed by atoms with E-state index in [1.165, 1.54) is 0 Å². The largest absolute Gasteiger partial charge is 0.328 e. The molecule has 0 saturated heterocycles. The predicted molar refractivity (Wildman–Crippen MR) is 150 cm³/mol. The molecule has 2 aromatic carbocycles. The van der Waals surface area contributed by atoms with E-state index in [0.29, 0.717) is 64.1 Å². The molecular weight excluding hydrogens is 528 g/mol. The summed E-state index contributed by atoms with van der Waals surface area (Å²) in [4.78, 5) is 30.9. The summed E-state index contributed by atoms with van der Waals surface area (Å²) in [6, 6.07) is 14.7. The van der Waals surface area contributed by atoms with E-state index in [1.54, 1.807) is 42.5 Å². The van der Waals surface area contributed by atoms with Crippen molar-refractivity contribution >= 4 is 29.0 Å². The number of amides is 1. The molecule has 2 aliphatic heterocycles. The number of aromatic nitrogens is 4. The molecule has 11 heteroatoms. The van der Waals surface area contributed by atoms with Crippen LogP contribution in [0.15, 0.2) is 42.5 Å². The van der Waals surface area contributed by atoms with E-state index in [-0.39, 0.29) is 18.1 Å². The number of imidazole rings is 1. The lowest BCUT2D eigenvalue weighted by molar-refractivity contribution is 0.0978. The Kier molecular flexibility index (Phi) is 6.94. The second-order valence-corrected chi connectivity index (χ2v) is 10.3. The van der Waals surface area contributed by atoms with E-state index in [0.717, 1.165) is 36.6 Å². The predicted octanol–water partition coefficient (Wildman–Crippen LogP) is 3.24. The van der Waals surface area contributed by atoms with Crippen LogP contribution in [0, 0.1) is 11.3 Å². The number of Topliss-reactive ketones (excluding diaryl/α,β-unsaturated/α-hetero) is 1. The van der Waals surface area contributed by atoms with Gasteiger partial charge in [-0.25, -0.2) is 4.98 Å². The third-order valence-electron chi connectivity index (χ3n) is 7.43. The number of carbonyl (C=O) groups is 2. The highest BCUT2D eigenvalue weighted by atomic mass is 35.5. The number of benzene rings is 2. The fourth-order valence-corrected chi connectivity index (χ4v) is 5.66. The van der Waals surface area contributed by atoms with Crippen molar-refractivity contribution in [1.82, 2.24) is 30.0 Å². The second kappa shape index (κ2) is 10.7. The van der Waals surface area contributed by atoms with Gasteiger partial charge in [-0.3, -0.25) is 14.3 Å². The SMILES string of the molecule is Cn1c(C(=O)Cc2cccc(-c3cccc(NC(=O)c4cc5n(n4)CCNC5)c3Cl)c2C#N)nc2c1CCNC2. The van der Waals surface area contributed by atoms with Gasteiger partial charge in [0.25, 0.3) is 5.91 Å². The number of nitrogens with zero attached hydrogens (tertiary/aromatic N) is 5. The molecule has 0 radical (unpaired) electrons. The number of anilines is 1. The van der Waals surface area contributed by atoms with Crippen LogP contribution in [0.5, 0.6) is 0 Å². The lowest BCUT2D eigenvalue weighted by Gasteiger charge is -2.14. The van der Waals surface area contributed by atoms with Gasteiger partial charge in [0.1, 0.15) is 6.07 Å². The zero-order valence-corrected chi connectivity index (χ0v) is 22.7. The maximum absolute atomic E-state index is 13.3. The molecule has 10 nitrogen and oxygen atoms in total. The standard InChI is InChI=1S/C29H27ClN8O2/c1-37-25-8-9-32-16-24(25)34-28(37)26(39)12-17-4-2-5-19(21(17)14-31)20-6-3-7-22(27(20)30)35-29(40)23-13-18-15-33-10-11-38(18)36-23/h2-7,13,32-33H,8-12,15-16H2,1H3,(H,35,40). The summed E-state index contributed by atoms with van der Waals surface area (Å²) in [6.45, 7) is 3.65. The van der Waals surface area contributed by atoms with Gasteiger partial charge in [0.15, 0.2) is 11.5 Å². The molecule has 40 heavy (non-hydrogen) atoms. The van der Waals surface area contributed by atoms with E-state index in [1.807, 2.05) is 16.3 Å². The van der Waals surface area contributed by atoms with Gasteiger partial charge >= 0.3 is 0 Å². The summed E-state index contributed by atoms with van der Waals surface area (Å²) >= 11 is 6.79. The summed E-state index contributed by atoms with van der Waals surface area (Å²) in [6.07, 6.45) is 0.846. The van der Waals surface area contributed by atoms with Gasteiger partial charge in [-0.05, 0) is 17.7 Å². The highest BCUT2D eigenvalue weighted by Gasteiger charge is 2.24. The maximum Gasteiger partial charge on any atom is 0.276 e. The fourth-order valence-electron chi connectivity index (χ4n) is 5.39. The number of carbonyl (C=O) groups excluding carboxylic acids is 2. The Balaban J connectivity index is 1.28. The molecule has 4 aromatic rings. The summed E-state index contributed by atoms with van der Waals surface area (Å²) < 4.78 is 3.69. The quantitative estimate of drug-likeness (QED) is 0.312. The minimum absolute atomic E-state index is 0.0296. The average Bonchev–Trinajstić information content (AvgIpc) is 3.56. The van der Waals surface area contributed by atoms with Crippen LogP contribution < -0.4 is 16.0 Å². The summed E-state index contributed by atoms with van der Waals surface area (Å²) in [5, 5.41) is 24.3. The van der Waals surface area contributed by atoms with Gasteiger partial charge in [0.2, 0.25) is 5.78 Å². The Labute approximate surface area is 236 Å². The molecular formula is C29H27ClN8O2. The smallest absolute Gasteiger partial charge is 0.276 e. The minimum atomic E-state index is -0.367. The third-order valence-corrected chi connectivity index (χ3v) is 7.84. The summed E-state index contributed by atoms with van der Waals surface area (Å²) in [5.41, 5.74) is 5.74. The van der Waals surface area contributed by atoms with Crippen LogP contribution in [0.25, 0.3) is 11.1 Å².